The smallest absolute Gasteiger partial charge is 0.304 e. The summed E-state index contributed by atoms with van der Waals surface area (Å²) in [6.45, 7) is 2.67. The van der Waals surface area contributed by atoms with Crippen molar-refractivity contribution in [2.45, 2.75) is 19.5 Å². The lowest BCUT2D eigenvalue weighted by Crippen LogP contribution is -2.21. The number of imidazole rings is 1. The van der Waals surface area contributed by atoms with Gasteiger partial charge in [-0.2, -0.15) is 0 Å². The van der Waals surface area contributed by atoms with Gasteiger partial charge in [0.1, 0.15) is 0 Å². The standard InChI is InChI=1S/C16H19N5O/c1-11(12-7-5-4-6-8-12)21-15-14(19-16(21)22)17-9-13(18-15)10-20(2)3/h4-9,11H,10H2,1-3H3,(H,17,19,22). The first kappa shape index (κ1) is 14.5. The molecular weight excluding hydrogens is 278 g/mol. The molecule has 0 aliphatic rings. The summed E-state index contributed by atoms with van der Waals surface area (Å²) in [6, 6.07) is 9.80. The van der Waals surface area contributed by atoms with Crippen LogP contribution in [-0.2, 0) is 6.54 Å². The van der Waals surface area contributed by atoms with Crippen LogP contribution in [0.3, 0.4) is 0 Å². The minimum Gasteiger partial charge on any atom is -0.304 e. The second-order valence-electron chi connectivity index (χ2n) is 5.66. The number of nitrogens with one attached hydrogen (secondary N) is 1. The topological polar surface area (TPSA) is 66.8 Å². The lowest BCUT2D eigenvalue weighted by molar-refractivity contribution is 0.396. The Bertz CT molecular complexity index is 835. The Morgan fingerprint density at radius 1 is 1.27 bits per heavy atom. The van der Waals surface area contributed by atoms with Gasteiger partial charge in [-0.1, -0.05) is 30.3 Å². The number of hydrogen-bond acceptors (Lipinski definition) is 4. The van der Waals surface area contributed by atoms with Gasteiger partial charge >= 0.3 is 5.69 Å². The van der Waals surface area contributed by atoms with Gasteiger partial charge in [0.25, 0.3) is 0 Å². The highest BCUT2D eigenvalue weighted by Gasteiger charge is 2.17. The van der Waals surface area contributed by atoms with E-state index in [0.29, 0.717) is 17.8 Å². The molecule has 6 heteroatoms. The van der Waals surface area contributed by atoms with E-state index in [0.717, 1.165) is 11.3 Å². The van der Waals surface area contributed by atoms with Gasteiger partial charge in [0.2, 0.25) is 0 Å². The van der Waals surface area contributed by atoms with Crippen molar-refractivity contribution < 1.29 is 0 Å². The molecule has 1 atom stereocenters. The van der Waals surface area contributed by atoms with E-state index in [1.807, 2.05) is 56.3 Å². The Hall–Kier alpha value is -2.47. The largest absolute Gasteiger partial charge is 0.329 e. The van der Waals surface area contributed by atoms with Crippen LogP contribution in [0.15, 0.2) is 41.3 Å². The summed E-state index contributed by atoms with van der Waals surface area (Å²) in [4.78, 5) is 26.0. The van der Waals surface area contributed by atoms with Crippen molar-refractivity contribution in [3.05, 3.63) is 58.3 Å². The summed E-state index contributed by atoms with van der Waals surface area (Å²) >= 11 is 0. The van der Waals surface area contributed by atoms with Crippen LogP contribution >= 0.6 is 0 Å². The van der Waals surface area contributed by atoms with E-state index in [4.69, 9.17) is 0 Å². The normalized spacial score (nSPS) is 12.9. The molecule has 0 saturated heterocycles. The van der Waals surface area contributed by atoms with E-state index in [-0.39, 0.29) is 11.7 Å². The third-order valence-electron chi connectivity index (χ3n) is 3.62. The Balaban J connectivity index is 2.12. The van der Waals surface area contributed by atoms with E-state index in [1.54, 1.807) is 10.8 Å². The maximum absolute atomic E-state index is 12.3. The van der Waals surface area contributed by atoms with E-state index < -0.39 is 0 Å². The highest BCUT2D eigenvalue weighted by molar-refractivity contribution is 5.65. The van der Waals surface area contributed by atoms with Crippen LogP contribution in [0.5, 0.6) is 0 Å². The zero-order chi connectivity index (χ0) is 15.7. The van der Waals surface area contributed by atoms with Gasteiger partial charge in [-0.25, -0.2) is 14.8 Å². The molecule has 3 rings (SSSR count). The fraction of sp³-hybridized carbons (Fsp3) is 0.312. The minimum atomic E-state index is -0.187. The second kappa shape index (κ2) is 5.73. The van der Waals surface area contributed by atoms with Gasteiger partial charge in [0, 0.05) is 6.54 Å². The maximum Gasteiger partial charge on any atom is 0.329 e. The van der Waals surface area contributed by atoms with Crippen LogP contribution in [-0.4, -0.2) is 38.5 Å². The van der Waals surface area contributed by atoms with Crippen molar-refractivity contribution in [3.63, 3.8) is 0 Å². The number of aromatic nitrogens is 4. The Morgan fingerprint density at radius 2 is 2.00 bits per heavy atom. The van der Waals surface area contributed by atoms with Crippen molar-refractivity contribution in [2.24, 2.45) is 0 Å². The van der Waals surface area contributed by atoms with E-state index >= 15 is 0 Å². The number of aromatic amines is 1. The maximum atomic E-state index is 12.3. The molecule has 114 valence electrons. The molecule has 6 nitrogen and oxygen atoms in total. The van der Waals surface area contributed by atoms with Crippen LogP contribution in [0.4, 0.5) is 0 Å². The molecule has 0 bridgehead atoms. The van der Waals surface area contributed by atoms with Crippen LogP contribution < -0.4 is 5.69 Å². The highest BCUT2D eigenvalue weighted by Crippen LogP contribution is 2.19. The van der Waals surface area contributed by atoms with Crippen LogP contribution in [0.2, 0.25) is 0 Å². The molecule has 2 heterocycles. The van der Waals surface area contributed by atoms with Gasteiger partial charge in [0.05, 0.1) is 17.9 Å². The van der Waals surface area contributed by atoms with Crippen molar-refractivity contribution in [1.82, 2.24) is 24.4 Å². The molecule has 2 aromatic heterocycles. The third-order valence-corrected chi connectivity index (χ3v) is 3.62. The molecule has 1 aromatic carbocycles. The summed E-state index contributed by atoms with van der Waals surface area (Å²) in [5, 5.41) is 0. The molecule has 0 spiro atoms. The number of rotatable bonds is 4. The summed E-state index contributed by atoms with van der Waals surface area (Å²) in [7, 11) is 3.95. The first-order chi connectivity index (χ1) is 10.6. The quantitative estimate of drug-likeness (QED) is 0.797. The number of H-pyrrole nitrogens is 1. The third kappa shape index (κ3) is 2.65. The number of hydrogen-bond donors (Lipinski definition) is 1. The molecule has 0 amide bonds. The van der Waals surface area contributed by atoms with Gasteiger partial charge in [-0.15, -0.1) is 0 Å². The number of nitrogens with zero attached hydrogens (tertiary/aromatic N) is 4. The van der Waals surface area contributed by atoms with Gasteiger partial charge < -0.3 is 4.90 Å². The van der Waals surface area contributed by atoms with Gasteiger partial charge in [0.15, 0.2) is 11.3 Å². The lowest BCUT2D eigenvalue weighted by atomic mass is 10.1. The molecule has 22 heavy (non-hydrogen) atoms. The Labute approximate surface area is 128 Å². The first-order valence-corrected chi connectivity index (χ1v) is 7.22. The Morgan fingerprint density at radius 3 is 2.68 bits per heavy atom. The SMILES string of the molecule is CC(c1ccccc1)n1c(=O)[nH]c2ncc(CN(C)C)nc21. The fourth-order valence-electron chi connectivity index (χ4n) is 2.57. The highest BCUT2D eigenvalue weighted by atomic mass is 16.1. The zero-order valence-corrected chi connectivity index (χ0v) is 12.9. The fourth-order valence-corrected chi connectivity index (χ4v) is 2.57. The predicted molar refractivity (Wildman–Crippen MR) is 85.8 cm³/mol. The van der Waals surface area contributed by atoms with E-state index in [1.165, 1.54) is 0 Å². The summed E-state index contributed by atoms with van der Waals surface area (Å²) < 4.78 is 1.66. The predicted octanol–water partition coefficient (Wildman–Crippen LogP) is 1.79. The molecule has 0 aliphatic carbocycles. The monoisotopic (exact) mass is 297 g/mol. The number of fused-ring (bicyclic) bond motifs is 1. The molecular formula is C16H19N5O. The molecule has 0 saturated carbocycles. The van der Waals surface area contributed by atoms with Crippen molar-refractivity contribution in [1.29, 1.82) is 0 Å². The van der Waals surface area contributed by atoms with Crippen molar-refractivity contribution in [2.75, 3.05) is 14.1 Å². The van der Waals surface area contributed by atoms with Crippen LogP contribution in [0.25, 0.3) is 11.3 Å². The zero-order valence-electron chi connectivity index (χ0n) is 12.9. The molecule has 0 aliphatic heterocycles. The Kier molecular flexibility index (Phi) is 3.77. The van der Waals surface area contributed by atoms with Crippen molar-refractivity contribution in [3.8, 4) is 0 Å². The van der Waals surface area contributed by atoms with Crippen LogP contribution in [0, 0.1) is 0 Å². The average Bonchev–Trinajstić information content (AvgIpc) is 2.82. The molecule has 3 aromatic rings. The van der Waals surface area contributed by atoms with E-state index in [9.17, 15) is 4.79 Å². The van der Waals surface area contributed by atoms with Gasteiger partial charge in [-0.3, -0.25) is 9.55 Å². The average molecular weight is 297 g/mol. The van der Waals surface area contributed by atoms with Gasteiger partial charge in [-0.05, 0) is 26.6 Å². The number of benzene rings is 1. The lowest BCUT2D eigenvalue weighted by Gasteiger charge is -2.14. The molecule has 1 unspecified atom stereocenters. The second-order valence-corrected chi connectivity index (χ2v) is 5.66. The van der Waals surface area contributed by atoms with Crippen LogP contribution in [0.1, 0.15) is 24.2 Å². The first-order valence-electron chi connectivity index (χ1n) is 7.22. The van der Waals surface area contributed by atoms with E-state index in [2.05, 4.69) is 15.0 Å². The summed E-state index contributed by atoms with van der Waals surface area (Å²) in [6.07, 6.45) is 1.70. The summed E-state index contributed by atoms with van der Waals surface area (Å²) in [5.74, 6) is 0. The molecule has 0 radical (unpaired) electrons. The molecule has 1 N–H and O–H groups in total. The minimum absolute atomic E-state index is 0.105. The molecule has 0 fully saturated rings. The summed E-state index contributed by atoms with van der Waals surface area (Å²) in [5.41, 5.74) is 2.83. The van der Waals surface area contributed by atoms with Crippen molar-refractivity contribution >= 4 is 11.3 Å².